The number of rotatable bonds is 4. The molecular weight excluding hydrogens is 321 g/mol. The van der Waals surface area contributed by atoms with Gasteiger partial charge in [0.05, 0.1) is 12.2 Å². The standard InChI is InChI=1S/C20H26FNO3/c1-2-25-18-12-17(23)20(18)6-8-22(9-7-20)19(24)16-11-15(16)13-4-3-5-14(21)10-13/h3-5,10,15-18,23H,2,6-9,11-12H2,1H3/t15-,16+,17-,18+/m0/s1. The van der Waals surface area contributed by atoms with E-state index in [1.165, 1.54) is 6.07 Å². The van der Waals surface area contributed by atoms with E-state index in [0.717, 1.165) is 24.8 Å². The van der Waals surface area contributed by atoms with Gasteiger partial charge < -0.3 is 14.7 Å². The Hall–Kier alpha value is -1.46. The highest BCUT2D eigenvalue weighted by molar-refractivity contribution is 5.83. The SMILES string of the molecule is CCO[C@@H]1C[C@H](O)C12CCN(C(=O)[C@@H]1C[C@H]1c1cccc(F)c1)CC2. The number of ether oxygens (including phenoxy) is 1. The van der Waals surface area contributed by atoms with Crippen LogP contribution >= 0.6 is 0 Å². The smallest absolute Gasteiger partial charge is 0.226 e. The van der Waals surface area contributed by atoms with Crippen LogP contribution in [-0.4, -0.2) is 47.8 Å². The predicted molar refractivity (Wildman–Crippen MR) is 91.5 cm³/mol. The molecule has 0 unspecified atom stereocenters. The summed E-state index contributed by atoms with van der Waals surface area (Å²) in [5.74, 6) is 0.0942. The lowest BCUT2D eigenvalue weighted by atomic mass is 9.58. The van der Waals surface area contributed by atoms with E-state index < -0.39 is 0 Å². The highest BCUT2D eigenvalue weighted by Crippen LogP contribution is 2.53. The maximum Gasteiger partial charge on any atom is 0.226 e. The Morgan fingerprint density at radius 3 is 2.76 bits per heavy atom. The van der Waals surface area contributed by atoms with E-state index in [2.05, 4.69) is 0 Å². The van der Waals surface area contributed by atoms with Crippen LogP contribution in [0.1, 0.15) is 44.1 Å². The summed E-state index contributed by atoms with van der Waals surface area (Å²) in [6, 6.07) is 6.59. The number of piperidine rings is 1. The summed E-state index contributed by atoms with van der Waals surface area (Å²) in [6.07, 6.45) is 2.97. The molecule has 1 saturated heterocycles. The Morgan fingerprint density at radius 2 is 2.12 bits per heavy atom. The number of aliphatic hydroxyl groups is 1. The lowest BCUT2D eigenvalue weighted by Gasteiger charge is -2.56. The van der Waals surface area contributed by atoms with Gasteiger partial charge in [-0.05, 0) is 49.8 Å². The first-order chi connectivity index (χ1) is 12.0. The van der Waals surface area contributed by atoms with E-state index in [0.29, 0.717) is 26.1 Å². The van der Waals surface area contributed by atoms with Crippen LogP contribution in [0.5, 0.6) is 0 Å². The maximum atomic E-state index is 13.4. The first-order valence-electron chi connectivity index (χ1n) is 9.39. The van der Waals surface area contributed by atoms with E-state index in [-0.39, 0.29) is 41.2 Å². The van der Waals surface area contributed by atoms with E-state index in [9.17, 15) is 14.3 Å². The number of nitrogens with zero attached hydrogens (tertiary/aromatic N) is 1. The van der Waals surface area contributed by atoms with Crippen molar-refractivity contribution < 1.29 is 19.0 Å². The van der Waals surface area contributed by atoms with Crippen LogP contribution in [0, 0.1) is 17.2 Å². The molecule has 0 radical (unpaired) electrons. The molecule has 5 heteroatoms. The van der Waals surface area contributed by atoms with Crippen molar-refractivity contribution in [3.63, 3.8) is 0 Å². The van der Waals surface area contributed by atoms with Crippen LogP contribution in [0.2, 0.25) is 0 Å². The molecule has 1 spiro atoms. The molecule has 1 amide bonds. The molecule has 1 heterocycles. The van der Waals surface area contributed by atoms with Gasteiger partial charge in [-0.2, -0.15) is 0 Å². The van der Waals surface area contributed by atoms with Gasteiger partial charge in [0.1, 0.15) is 5.82 Å². The van der Waals surface area contributed by atoms with Crippen LogP contribution in [0.15, 0.2) is 24.3 Å². The zero-order valence-corrected chi connectivity index (χ0v) is 14.7. The van der Waals surface area contributed by atoms with Crippen molar-refractivity contribution in [3.8, 4) is 0 Å². The fourth-order valence-electron chi connectivity index (χ4n) is 4.77. The number of carbonyl (C=O) groups excluding carboxylic acids is 1. The van der Waals surface area contributed by atoms with E-state index in [1.54, 1.807) is 12.1 Å². The number of halogens is 1. The number of likely N-dealkylation sites (tertiary alicyclic amines) is 1. The molecule has 4 nitrogen and oxygen atoms in total. The van der Waals surface area contributed by atoms with Crippen LogP contribution in [0.4, 0.5) is 4.39 Å². The van der Waals surface area contributed by atoms with Crippen molar-refractivity contribution in [2.45, 2.75) is 50.7 Å². The van der Waals surface area contributed by atoms with E-state index in [1.807, 2.05) is 17.9 Å². The third kappa shape index (κ3) is 2.87. The van der Waals surface area contributed by atoms with Gasteiger partial charge in [0, 0.05) is 37.5 Å². The van der Waals surface area contributed by atoms with Gasteiger partial charge in [-0.25, -0.2) is 4.39 Å². The molecule has 4 atom stereocenters. The molecule has 1 aromatic carbocycles. The topological polar surface area (TPSA) is 49.8 Å². The fourth-order valence-corrected chi connectivity index (χ4v) is 4.77. The second kappa shape index (κ2) is 6.36. The number of aliphatic hydroxyl groups excluding tert-OH is 1. The Morgan fingerprint density at radius 1 is 1.36 bits per heavy atom. The Balaban J connectivity index is 1.35. The van der Waals surface area contributed by atoms with E-state index >= 15 is 0 Å². The van der Waals surface area contributed by atoms with Gasteiger partial charge in [-0.15, -0.1) is 0 Å². The van der Waals surface area contributed by atoms with Gasteiger partial charge in [-0.3, -0.25) is 4.79 Å². The average molecular weight is 347 g/mol. The monoisotopic (exact) mass is 347 g/mol. The van der Waals surface area contributed by atoms with E-state index in [4.69, 9.17) is 4.74 Å². The second-order valence-corrected chi connectivity index (χ2v) is 7.76. The minimum absolute atomic E-state index is 0.00940. The Kier molecular flexibility index (Phi) is 4.32. The summed E-state index contributed by atoms with van der Waals surface area (Å²) in [4.78, 5) is 14.7. The zero-order chi connectivity index (χ0) is 17.6. The molecule has 0 bridgehead atoms. The van der Waals surface area contributed by atoms with Gasteiger partial charge in [-0.1, -0.05) is 12.1 Å². The van der Waals surface area contributed by atoms with Gasteiger partial charge in [0.25, 0.3) is 0 Å². The minimum atomic E-state index is -0.303. The summed E-state index contributed by atoms with van der Waals surface area (Å²) >= 11 is 0. The molecule has 0 aromatic heterocycles. The largest absolute Gasteiger partial charge is 0.392 e. The minimum Gasteiger partial charge on any atom is -0.392 e. The lowest BCUT2D eigenvalue weighted by molar-refractivity contribution is -0.210. The second-order valence-electron chi connectivity index (χ2n) is 7.76. The summed E-state index contributed by atoms with van der Waals surface area (Å²) in [5.41, 5.74) is 0.774. The molecule has 1 aliphatic heterocycles. The zero-order valence-electron chi connectivity index (χ0n) is 14.7. The number of amides is 1. The molecule has 25 heavy (non-hydrogen) atoms. The van der Waals surface area contributed by atoms with Crippen molar-refractivity contribution >= 4 is 5.91 Å². The molecule has 136 valence electrons. The van der Waals surface area contributed by atoms with Gasteiger partial charge in [0.2, 0.25) is 5.91 Å². The molecule has 3 fully saturated rings. The Labute approximate surface area is 148 Å². The number of benzene rings is 1. The molecule has 3 aliphatic rings. The number of hydrogen-bond acceptors (Lipinski definition) is 3. The predicted octanol–water partition coefficient (Wildman–Crippen LogP) is 2.71. The molecular formula is C20H26FNO3. The molecule has 2 saturated carbocycles. The lowest BCUT2D eigenvalue weighted by Crippen LogP contribution is -2.62. The summed E-state index contributed by atoms with van der Waals surface area (Å²) in [7, 11) is 0. The van der Waals surface area contributed by atoms with Crippen molar-refractivity contribution in [1.29, 1.82) is 0 Å². The third-order valence-corrected chi connectivity index (χ3v) is 6.50. The van der Waals surface area contributed by atoms with Crippen LogP contribution < -0.4 is 0 Å². The quantitative estimate of drug-likeness (QED) is 0.911. The van der Waals surface area contributed by atoms with Crippen molar-refractivity contribution in [2.24, 2.45) is 11.3 Å². The van der Waals surface area contributed by atoms with Crippen molar-refractivity contribution in [1.82, 2.24) is 4.90 Å². The first kappa shape index (κ1) is 17.0. The summed E-state index contributed by atoms with van der Waals surface area (Å²) < 4.78 is 19.2. The van der Waals surface area contributed by atoms with Gasteiger partial charge in [0.15, 0.2) is 0 Å². The summed E-state index contributed by atoms with van der Waals surface area (Å²) in [5, 5.41) is 10.3. The van der Waals surface area contributed by atoms with Crippen molar-refractivity contribution in [2.75, 3.05) is 19.7 Å². The molecule has 1 N–H and O–H groups in total. The van der Waals surface area contributed by atoms with Gasteiger partial charge >= 0.3 is 0 Å². The number of hydrogen-bond donors (Lipinski definition) is 1. The Bertz CT molecular complexity index is 654. The van der Waals surface area contributed by atoms with Crippen LogP contribution in [-0.2, 0) is 9.53 Å². The maximum absolute atomic E-state index is 13.4. The molecule has 1 aromatic rings. The normalized spacial score (nSPS) is 33.2. The fraction of sp³-hybridized carbons (Fsp3) is 0.650. The van der Waals surface area contributed by atoms with Crippen LogP contribution in [0.25, 0.3) is 0 Å². The first-order valence-corrected chi connectivity index (χ1v) is 9.39. The third-order valence-electron chi connectivity index (χ3n) is 6.50. The van der Waals surface area contributed by atoms with Crippen molar-refractivity contribution in [3.05, 3.63) is 35.6 Å². The highest BCUT2D eigenvalue weighted by atomic mass is 19.1. The average Bonchev–Trinajstić information content (AvgIpc) is 3.42. The molecule has 4 rings (SSSR count). The van der Waals surface area contributed by atoms with Crippen LogP contribution in [0.3, 0.4) is 0 Å². The number of carbonyl (C=O) groups is 1. The highest BCUT2D eigenvalue weighted by Gasteiger charge is 2.57. The molecule has 2 aliphatic carbocycles. The summed E-state index contributed by atoms with van der Waals surface area (Å²) in [6.45, 7) is 4.02.